The molecule has 2 aromatic carbocycles. The number of aromatic amines is 1. The van der Waals surface area contributed by atoms with Crippen molar-refractivity contribution in [1.82, 2.24) is 9.97 Å². The second-order valence-electron chi connectivity index (χ2n) is 5.20. The van der Waals surface area contributed by atoms with Gasteiger partial charge in [0.05, 0.1) is 6.04 Å². The minimum absolute atomic E-state index is 0. The van der Waals surface area contributed by atoms with Gasteiger partial charge < -0.3 is 15.5 Å². The van der Waals surface area contributed by atoms with E-state index in [2.05, 4.69) is 22.1 Å². The number of rotatable bonds is 6. The van der Waals surface area contributed by atoms with Crippen molar-refractivity contribution in [2.45, 2.75) is 19.1 Å². The summed E-state index contributed by atoms with van der Waals surface area (Å²) in [5.74, 6) is 1.67. The van der Waals surface area contributed by atoms with E-state index >= 15 is 0 Å². The second kappa shape index (κ2) is 9.98. The van der Waals surface area contributed by atoms with Crippen LogP contribution < -0.4 is 10.5 Å². The molecule has 1 heterocycles. The fourth-order valence-electron chi connectivity index (χ4n) is 2.29. The number of nitrogens with zero attached hydrogens (tertiary/aromatic N) is 1. The number of hydrogen-bond acceptors (Lipinski definition) is 3. The molecular weight excluding hydrogens is 345 g/mol. The Kier molecular flexibility index (Phi) is 8.33. The molecule has 128 valence electrons. The maximum absolute atomic E-state index is 6.12. The summed E-state index contributed by atoms with van der Waals surface area (Å²) in [6.45, 7) is 0.575. The largest absolute Gasteiger partial charge is 0.489 e. The van der Waals surface area contributed by atoms with Gasteiger partial charge in [0.25, 0.3) is 0 Å². The predicted molar refractivity (Wildman–Crippen MR) is 101 cm³/mol. The van der Waals surface area contributed by atoms with Gasteiger partial charge in [0.1, 0.15) is 18.2 Å². The van der Waals surface area contributed by atoms with E-state index in [1.165, 1.54) is 0 Å². The van der Waals surface area contributed by atoms with E-state index < -0.39 is 0 Å². The summed E-state index contributed by atoms with van der Waals surface area (Å²) in [7, 11) is 0. The zero-order chi connectivity index (χ0) is 15.2. The maximum Gasteiger partial charge on any atom is 0.123 e. The van der Waals surface area contributed by atoms with Crippen molar-refractivity contribution in [2.75, 3.05) is 0 Å². The zero-order valence-electron chi connectivity index (χ0n) is 13.1. The van der Waals surface area contributed by atoms with Crippen molar-refractivity contribution in [3.63, 3.8) is 0 Å². The molecule has 0 amide bonds. The number of ether oxygens (including phenoxy) is 1. The van der Waals surface area contributed by atoms with Crippen molar-refractivity contribution >= 4 is 24.8 Å². The van der Waals surface area contributed by atoms with Gasteiger partial charge in [-0.2, -0.15) is 0 Å². The molecular formula is C18H21Cl2N3O. The molecule has 0 bridgehead atoms. The van der Waals surface area contributed by atoms with Crippen LogP contribution in [0.15, 0.2) is 67.0 Å². The van der Waals surface area contributed by atoms with Gasteiger partial charge >= 0.3 is 0 Å². The van der Waals surface area contributed by atoms with Crippen LogP contribution in [-0.2, 0) is 13.0 Å². The van der Waals surface area contributed by atoms with Crippen LogP contribution in [0.4, 0.5) is 0 Å². The summed E-state index contributed by atoms with van der Waals surface area (Å²) < 4.78 is 5.77. The van der Waals surface area contributed by atoms with Gasteiger partial charge in [-0.1, -0.05) is 42.5 Å². The Hall–Kier alpha value is -2.01. The van der Waals surface area contributed by atoms with Crippen LogP contribution in [0.5, 0.6) is 5.75 Å². The first-order chi connectivity index (χ1) is 10.8. The number of halogens is 2. The van der Waals surface area contributed by atoms with E-state index in [1.54, 1.807) is 12.4 Å². The molecule has 0 saturated heterocycles. The Morgan fingerprint density at radius 1 is 0.958 bits per heavy atom. The average Bonchev–Trinajstić information content (AvgIpc) is 3.10. The fourth-order valence-corrected chi connectivity index (χ4v) is 2.29. The van der Waals surface area contributed by atoms with Crippen molar-refractivity contribution in [1.29, 1.82) is 0 Å². The number of aromatic nitrogens is 2. The molecule has 0 spiro atoms. The smallest absolute Gasteiger partial charge is 0.123 e. The van der Waals surface area contributed by atoms with Gasteiger partial charge in [-0.05, 0) is 29.7 Å². The van der Waals surface area contributed by atoms with Crippen LogP contribution in [0.1, 0.15) is 23.0 Å². The summed E-state index contributed by atoms with van der Waals surface area (Å²) in [6, 6.07) is 18.1. The summed E-state index contributed by atoms with van der Waals surface area (Å²) in [5, 5.41) is 0. The molecule has 0 aliphatic heterocycles. The molecule has 6 heteroatoms. The number of nitrogens with one attached hydrogen (secondary N) is 1. The highest BCUT2D eigenvalue weighted by Gasteiger charge is 2.09. The van der Waals surface area contributed by atoms with Crippen molar-refractivity contribution in [2.24, 2.45) is 5.73 Å². The lowest BCUT2D eigenvalue weighted by molar-refractivity contribution is 0.306. The number of H-pyrrole nitrogens is 1. The monoisotopic (exact) mass is 365 g/mol. The Balaban J connectivity index is 0.00000144. The number of nitrogens with two attached hydrogens (primary N) is 1. The Bertz CT molecular complexity index is 688. The highest BCUT2D eigenvalue weighted by Crippen LogP contribution is 2.17. The van der Waals surface area contributed by atoms with Gasteiger partial charge in [-0.25, -0.2) is 4.98 Å². The third kappa shape index (κ3) is 5.57. The van der Waals surface area contributed by atoms with E-state index in [0.717, 1.165) is 29.1 Å². The molecule has 1 aromatic heterocycles. The van der Waals surface area contributed by atoms with Crippen molar-refractivity contribution < 1.29 is 4.74 Å². The van der Waals surface area contributed by atoms with Crippen molar-refractivity contribution in [3.05, 3.63) is 83.9 Å². The summed E-state index contributed by atoms with van der Waals surface area (Å²) in [6.07, 6.45) is 4.25. The molecule has 4 nitrogen and oxygen atoms in total. The third-order valence-corrected chi connectivity index (χ3v) is 3.50. The highest BCUT2D eigenvalue weighted by atomic mass is 35.5. The SMILES string of the molecule is Cl.Cl.N[C@@H](Cc1ccc(OCc2ccccc2)cc1)c1ncc[nH]1. The molecule has 1 atom stereocenters. The third-order valence-electron chi connectivity index (χ3n) is 3.50. The first kappa shape index (κ1) is 20.0. The molecule has 0 radical (unpaired) electrons. The molecule has 0 aliphatic rings. The van der Waals surface area contributed by atoms with Crippen LogP contribution in [0.2, 0.25) is 0 Å². The minimum Gasteiger partial charge on any atom is -0.489 e. The van der Waals surface area contributed by atoms with Gasteiger partial charge in [0.15, 0.2) is 0 Å². The van der Waals surface area contributed by atoms with Gasteiger partial charge in [0, 0.05) is 12.4 Å². The zero-order valence-corrected chi connectivity index (χ0v) is 14.7. The lowest BCUT2D eigenvalue weighted by Gasteiger charge is -2.10. The Labute approximate surface area is 154 Å². The maximum atomic E-state index is 6.12. The topological polar surface area (TPSA) is 63.9 Å². The molecule has 0 unspecified atom stereocenters. The fraction of sp³-hybridized carbons (Fsp3) is 0.167. The summed E-state index contributed by atoms with van der Waals surface area (Å²) in [5.41, 5.74) is 8.44. The quantitative estimate of drug-likeness (QED) is 0.691. The van der Waals surface area contributed by atoms with Gasteiger partial charge in [0.2, 0.25) is 0 Å². The van der Waals surface area contributed by atoms with E-state index in [0.29, 0.717) is 6.61 Å². The van der Waals surface area contributed by atoms with E-state index in [9.17, 15) is 0 Å². The highest BCUT2D eigenvalue weighted by molar-refractivity contribution is 5.85. The van der Waals surface area contributed by atoms with Gasteiger partial charge in [-0.3, -0.25) is 0 Å². The minimum atomic E-state index is -0.119. The molecule has 24 heavy (non-hydrogen) atoms. The normalized spacial score (nSPS) is 11.0. The molecule has 0 saturated carbocycles. The first-order valence-corrected chi connectivity index (χ1v) is 7.32. The molecule has 3 aromatic rings. The molecule has 0 fully saturated rings. The Morgan fingerprint density at radius 2 is 1.67 bits per heavy atom. The first-order valence-electron chi connectivity index (χ1n) is 7.32. The van der Waals surface area contributed by atoms with E-state index in [-0.39, 0.29) is 30.9 Å². The number of hydrogen-bond donors (Lipinski definition) is 2. The predicted octanol–water partition coefficient (Wildman–Crippen LogP) is 4.07. The Morgan fingerprint density at radius 3 is 2.29 bits per heavy atom. The van der Waals surface area contributed by atoms with Crippen LogP contribution >= 0.6 is 24.8 Å². The number of imidazole rings is 1. The molecule has 3 rings (SSSR count). The van der Waals surface area contributed by atoms with Crippen LogP contribution in [0, 0.1) is 0 Å². The van der Waals surface area contributed by atoms with Crippen LogP contribution in [0.3, 0.4) is 0 Å². The summed E-state index contributed by atoms with van der Waals surface area (Å²) in [4.78, 5) is 7.23. The lowest BCUT2D eigenvalue weighted by atomic mass is 10.1. The number of benzene rings is 2. The lowest BCUT2D eigenvalue weighted by Crippen LogP contribution is -2.14. The van der Waals surface area contributed by atoms with Crippen LogP contribution in [0.25, 0.3) is 0 Å². The van der Waals surface area contributed by atoms with E-state index in [4.69, 9.17) is 10.5 Å². The average molecular weight is 366 g/mol. The molecule has 0 aliphatic carbocycles. The standard InChI is InChI=1S/C18H19N3O.2ClH/c19-17(18-20-10-11-21-18)12-14-6-8-16(9-7-14)22-13-15-4-2-1-3-5-15;;/h1-11,17H,12-13,19H2,(H,20,21);2*1H/t17-;;/m0../s1. The van der Waals surface area contributed by atoms with E-state index in [1.807, 2.05) is 42.5 Å². The van der Waals surface area contributed by atoms with Crippen molar-refractivity contribution in [3.8, 4) is 5.75 Å². The summed E-state index contributed by atoms with van der Waals surface area (Å²) >= 11 is 0. The van der Waals surface area contributed by atoms with Gasteiger partial charge in [-0.15, -0.1) is 24.8 Å². The molecule has 3 N–H and O–H groups in total. The van der Waals surface area contributed by atoms with Crippen LogP contribution in [-0.4, -0.2) is 9.97 Å². The second-order valence-corrected chi connectivity index (χ2v) is 5.20.